The minimum absolute atomic E-state index is 0.0251. The van der Waals surface area contributed by atoms with Crippen molar-refractivity contribution in [3.8, 4) is 12.3 Å². The molecule has 1 aromatic carbocycles. The normalized spacial score (nSPS) is 9.56. The SMILES string of the molecule is C#CCNC(=O)CSc1ccc(C)cc1C. The zero-order valence-corrected chi connectivity index (χ0v) is 10.4. The van der Waals surface area contributed by atoms with E-state index in [1.54, 1.807) is 0 Å². The number of hydrogen-bond acceptors (Lipinski definition) is 2. The molecule has 0 aromatic heterocycles. The first-order chi connectivity index (χ1) is 7.63. The molecule has 2 nitrogen and oxygen atoms in total. The van der Waals surface area contributed by atoms with Crippen molar-refractivity contribution in [1.82, 2.24) is 5.32 Å². The molecule has 0 fully saturated rings. The summed E-state index contributed by atoms with van der Waals surface area (Å²) in [5, 5.41) is 2.64. The summed E-state index contributed by atoms with van der Waals surface area (Å²) in [6.07, 6.45) is 5.05. The van der Waals surface area contributed by atoms with E-state index >= 15 is 0 Å². The molecular formula is C13H15NOS. The summed E-state index contributed by atoms with van der Waals surface area (Å²) < 4.78 is 0. The predicted molar refractivity (Wildman–Crippen MR) is 68.5 cm³/mol. The summed E-state index contributed by atoms with van der Waals surface area (Å²) in [5.41, 5.74) is 2.44. The minimum Gasteiger partial charge on any atom is -0.344 e. The Hall–Kier alpha value is -1.40. The van der Waals surface area contributed by atoms with Crippen molar-refractivity contribution in [1.29, 1.82) is 0 Å². The van der Waals surface area contributed by atoms with Crippen LogP contribution in [0.5, 0.6) is 0 Å². The van der Waals surface area contributed by atoms with E-state index in [1.807, 2.05) is 6.07 Å². The molecule has 0 aliphatic heterocycles. The first kappa shape index (κ1) is 12.7. The van der Waals surface area contributed by atoms with Crippen LogP contribution in [0.3, 0.4) is 0 Å². The van der Waals surface area contributed by atoms with Gasteiger partial charge in [0.25, 0.3) is 0 Å². The molecule has 0 atom stereocenters. The smallest absolute Gasteiger partial charge is 0.231 e. The highest BCUT2D eigenvalue weighted by Crippen LogP contribution is 2.22. The molecule has 0 radical (unpaired) electrons. The van der Waals surface area contributed by atoms with Gasteiger partial charge >= 0.3 is 0 Å². The van der Waals surface area contributed by atoms with Gasteiger partial charge in [-0.2, -0.15) is 0 Å². The molecule has 1 amide bonds. The highest BCUT2D eigenvalue weighted by Gasteiger charge is 2.03. The van der Waals surface area contributed by atoms with Gasteiger partial charge in [-0.05, 0) is 25.5 Å². The molecule has 1 rings (SSSR count). The van der Waals surface area contributed by atoms with Crippen molar-refractivity contribution in [3.05, 3.63) is 29.3 Å². The number of amides is 1. The standard InChI is InChI=1S/C13H15NOS/c1-4-7-14-13(15)9-16-12-6-5-10(2)8-11(12)3/h1,5-6,8H,7,9H2,2-3H3,(H,14,15). The summed E-state index contributed by atoms with van der Waals surface area (Å²) in [7, 11) is 0. The first-order valence-electron chi connectivity index (χ1n) is 5.03. The molecule has 0 bridgehead atoms. The van der Waals surface area contributed by atoms with Gasteiger partial charge in [0.1, 0.15) is 0 Å². The molecule has 0 unspecified atom stereocenters. The quantitative estimate of drug-likeness (QED) is 0.637. The first-order valence-corrected chi connectivity index (χ1v) is 6.02. The molecule has 0 aliphatic rings. The Bertz CT molecular complexity index is 420. The largest absolute Gasteiger partial charge is 0.344 e. The van der Waals surface area contributed by atoms with Gasteiger partial charge in [-0.15, -0.1) is 18.2 Å². The van der Waals surface area contributed by atoms with Crippen LogP contribution in [0.1, 0.15) is 11.1 Å². The average molecular weight is 233 g/mol. The molecule has 0 heterocycles. The lowest BCUT2D eigenvalue weighted by Crippen LogP contribution is -2.25. The number of aryl methyl sites for hydroxylation is 2. The number of hydrogen-bond donors (Lipinski definition) is 1. The van der Waals surface area contributed by atoms with Crippen LogP contribution >= 0.6 is 11.8 Å². The average Bonchev–Trinajstić information content (AvgIpc) is 2.25. The highest BCUT2D eigenvalue weighted by atomic mass is 32.2. The Morgan fingerprint density at radius 3 is 2.88 bits per heavy atom. The second kappa shape index (κ2) is 6.24. The molecule has 0 saturated heterocycles. The summed E-state index contributed by atoms with van der Waals surface area (Å²) in [6.45, 7) is 4.40. The van der Waals surface area contributed by atoms with Crippen molar-refractivity contribution in [3.63, 3.8) is 0 Å². The lowest BCUT2D eigenvalue weighted by molar-refractivity contribution is -0.118. The highest BCUT2D eigenvalue weighted by molar-refractivity contribution is 8.00. The van der Waals surface area contributed by atoms with Crippen LogP contribution in [0.4, 0.5) is 0 Å². The van der Waals surface area contributed by atoms with E-state index in [2.05, 4.69) is 37.2 Å². The van der Waals surface area contributed by atoms with Gasteiger partial charge in [-0.3, -0.25) is 4.79 Å². The van der Waals surface area contributed by atoms with Crippen LogP contribution in [0.25, 0.3) is 0 Å². The predicted octanol–water partition coefficient (Wildman–Crippen LogP) is 2.14. The van der Waals surface area contributed by atoms with Crippen molar-refractivity contribution >= 4 is 17.7 Å². The molecule has 16 heavy (non-hydrogen) atoms. The fourth-order valence-electron chi connectivity index (χ4n) is 1.31. The molecule has 0 aliphatic carbocycles. The number of benzene rings is 1. The summed E-state index contributed by atoms with van der Waals surface area (Å²) in [5.74, 6) is 2.76. The monoisotopic (exact) mass is 233 g/mol. The fraction of sp³-hybridized carbons (Fsp3) is 0.308. The van der Waals surface area contributed by atoms with Crippen LogP contribution in [-0.4, -0.2) is 18.2 Å². The number of terminal acetylenes is 1. The number of nitrogens with one attached hydrogen (secondary N) is 1. The van der Waals surface area contributed by atoms with Gasteiger partial charge in [0, 0.05) is 4.90 Å². The maximum Gasteiger partial charge on any atom is 0.231 e. The molecule has 84 valence electrons. The summed E-state index contributed by atoms with van der Waals surface area (Å²) >= 11 is 1.53. The van der Waals surface area contributed by atoms with E-state index in [0.29, 0.717) is 12.3 Å². The number of thioether (sulfide) groups is 1. The third-order valence-corrected chi connectivity index (χ3v) is 3.25. The molecule has 3 heteroatoms. The maximum absolute atomic E-state index is 11.3. The third kappa shape index (κ3) is 4.00. The van der Waals surface area contributed by atoms with E-state index < -0.39 is 0 Å². The van der Waals surface area contributed by atoms with Crippen LogP contribution in [0, 0.1) is 26.2 Å². The van der Waals surface area contributed by atoms with Crippen molar-refractivity contribution in [2.45, 2.75) is 18.7 Å². The fourth-order valence-corrected chi connectivity index (χ4v) is 2.14. The number of rotatable bonds is 4. The summed E-state index contributed by atoms with van der Waals surface area (Å²) in [4.78, 5) is 12.5. The zero-order chi connectivity index (χ0) is 12.0. The minimum atomic E-state index is -0.0251. The molecule has 1 N–H and O–H groups in total. The topological polar surface area (TPSA) is 29.1 Å². The van der Waals surface area contributed by atoms with Gasteiger partial charge in [0.2, 0.25) is 5.91 Å². The molecule has 1 aromatic rings. The van der Waals surface area contributed by atoms with E-state index in [0.717, 1.165) is 4.90 Å². The van der Waals surface area contributed by atoms with Gasteiger partial charge in [-0.1, -0.05) is 23.6 Å². The number of carbonyl (C=O) groups excluding carboxylic acids is 1. The Kier molecular flexibility index (Phi) is 4.94. The second-order valence-electron chi connectivity index (χ2n) is 3.54. The Balaban J connectivity index is 2.49. The molecule has 0 saturated carbocycles. The second-order valence-corrected chi connectivity index (χ2v) is 4.56. The Morgan fingerprint density at radius 1 is 1.50 bits per heavy atom. The lowest BCUT2D eigenvalue weighted by Gasteiger charge is -2.06. The maximum atomic E-state index is 11.3. The van der Waals surface area contributed by atoms with E-state index in [-0.39, 0.29) is 5.91 Å². The van der Waals surface area contributed by atoms with E-state index in [9.17, 15) is 4.79 Å². The van der Waals surface area contributed by atoms with Crippen LogP contribution in [0.15, 0.2) is 23.1 Å². The molecule has 0 spiro atoms. The third-order valence-electron chi connectivity index (χ3n) is 2.08. The van der Waals surface area contributed by atoms with Crippen LogP contribution < -0.4 is 5.32 Å². The summed E-state index contributed by atoms with van der Waals surface area (Å²) in [6, 6.07) is 6.21. The lowest BCUT2D eigenvalue weighted by atomic mass is 10.2. The van der Waals surface area contributed by atoms with Gasteiger partial charge in [0.15, 0.2) is 0 Å². The van der Waals surface area contributed by atoms with E-state index in [4.69, 9.17) is 6.42 Å². The van der Waals surface area contributed by atoms with E-state index in [1.165, 1.54) is 22.9 Å². The van der Waals surface area contributed by atoms with Crippen LogP contribution in [0.2, 0.25) is 0 Å². The molecular weight excluding hydrogens is 218 g/mol. The van der Waals surface area contributed by atoms with Gasteiger partial charge in [-0.25, -0.2) is 0 Å². The Morgan fingerprint density at radius 2 is 2.25 bits per heavy atom. The van der Waals surface area contributed by atoms with Crippen molar-refractivity contribution in [2.75, 3.05) is 12.3 Å². The van der Waals surface area contributed by atoms with Gasteiger partial charge < -0.3 is 5.32 Å². The van der Waals surface area contributed by atoms with Crippen molar-refractivity contribution < 1.29 is 4.79 Å². The Labute approximate surface area is 101 Å². The van der Waals surface area contributed by atoms with Crippen molar-refractivity contribution in [2.24, 2.45) is 0 Å². The van der Waals surface area contributed by atoms with Crippen LogP contribution in [-0.2, 0) is 4.79 Å². The zero-order valence-electron chi connectivity index (χ0n) is 9.54. The number of carbonyl (C=O) groups is 1. The van der Waals surface area contributed by atoms with Gasteiger partial charge in [0.05, 0.1) is 12.3 Å².